The minimum absolute atomic E-state index is 0.121. The first-order valence-corrected chi connectivity index (χ1v) is 8.40. The Kier molecular flexibility index (Phi) is 6.65. The van der Waals surface area contributed by atoms with Crippen LogP contribution in [0.1, 0.15) is 11.1 Å². The summed E-state index contributed by atoms with van der Waals surface area (Å²) in [6, 6.07) is 8.60. The molecule has 0 aliphatic rings. The molecule has 6 N–H and O–H groups in total. The number of phenols is 3. The number of esters is 1. The molecular weight excluding hydrogens is 400 g/mol. The van der Waals surface area contributed by atoms with E-state index in [1.54, 1.807) is 0 Å². The minimum atomic E-state index is -3.00. The molecule has 2 atom stereocenters. The number of aromatic hydroxyl groups is 3. The van der Waals surface area contributed by atoms with Gasteiger partial charge in [0.1, 0.15) is 5.75 Å². The third-order valence-electron chi connectivity index (χ3n) is 4.08. The Labute approximate surface area is 169 Å². The van der Waals surface area contributed by atoms with E-state index in [0.717, 1.165) is 24.3 Å². The van der Waals surface area contributed by atoms with E-state index in [2.05, 4.69) is 0 Å². The smallest absolute Gasteiger partial charge is 0.348 e. The molecule has 10 nitrogen and oxygen atoms in total. The Morgan fingerprint density at radius 2 is 1.60 bits per heavy atom. The standard InChI is InChI=1S/C20H18O10/c21-13-5-1-12(2-6-13)10-20(29,19(27)28)17(18(25)26)30-16(24)8-4-11-3-7-14(22)15(23)9-11/h1-9,17,21-23,29H,10H2,(H,25,26)(H,27,28)/b8-4+. The lowest BCUT2D eigenvalue weighted by atomic mass is 9.88. The normalized spacial score (nSPS) is 14.0. The maximum Gasteiger partial charge on any atom is 0.348 e. The fourth-order valence-corrected chi connectivity index (χ4v) is 2.52. The van der Waals surface area contributed by atoms with E-state index >= 15 is 0 Å². The van der Waals surface area contributed by atoms with Crippen LogP contribution < -0.4 is 0 Å². The van der Waals surface area contributed by atoms with Gasteiger partial charge in [-0.3, -0.25) is 0 Å². The molecular formula is C20H18O10. The van der Waals surface area contributed by atoms with Gasteiger partial charge in [-0.1, -0.05) is 18.2 Å². The Hall–Kier alpha value is -4.05. The average Bonchev–Trinajstić information content (AvgIpc) is 2.68. The highest BCUT2D eigenvalue weighted by Crippen LogP contribution is 2.26. The highest BCUT2D eigenvalue weighted by atomic mass is 16.6. The Bertz CT molecular complexity index is 980. The summed E-state index contributed by atoms with van der Waals surface area (Å²) < 4.78 is 4.69. The number of phenolic OH excluding ortho intramolecular Hbond substituents is 3. The molecule has 0 saturated heterocycles. The summed E-state index contributed by atoms with van der Waals surface area (Å²) in [6.07, 6.45) is -1.28. The lowest BCUT2D eigenvalue weighted by molar-refractivity contribution is -0.192. The van der Waals surface area contributed by atoms with Gasteiger partial charge < -0.3 is 35.4 Å². The number of carboxylic acid groups (broad SMARTS) is 2. The van der Waals surface area contributed by atoms with Gasteiger partial charge in [0.25, 0.3) is 0 Å². The van der Waals surface area contributed by atoms with E-state index in [1.165, 1.54) is 30.3 Å². The van der Waals surface area contributed by atoms with Gasteiger partial charge in [-0.25, -0.2) is 14.4 Å². The summed E-state index contributed by atoms with van der Waals surface area (Å²) >= 11 is 0. The van der Waals surface area contributed by atoms with Gasteiger partial charge in [-0.15, -0.1) is 0 Å². The average molecular weight is 418 g/mol. The third-order valence-corrected chi connectivity index (χ3v) is 4.08. The minimum Gasteiger partial charge on any atom is -0.508 e. The number of aliphatic carboxylic acids is 2. The number of aliphatic hydroxyl groups is 1. The number of carboxylic acids is 2. The van der Waals surface area contributed by atoms with Crippen LogP contribution in [0.2, 0.25) is 0 Å². The van der Waals surface area contributed by atoms with Crippen LogP contribution in [0.25, 0.3) is 6.08 Å². The molecule has 0 spiro atoms. The van der Waals surface area contributed by atoms with Gasteiger partial charge in [0.15, 0.2) is 11.5 Å². The summed E-state index contributed by atoms with van der Waals surface area (Å²) in [6.45, 7) is 0. The van der Waals surface area contributed by atoms with E-state index in [0.29, 0.717) is 0 Å². The summed E-state index contributed by atoms with van der Waals surface area (Å²) in [5, 5.41) is 57.3. The van der Waals surface area contributed by atoms with Crippen molar-refractivity contribution < 1.29 is 49.8 Å². The molecule has 0 radical (unpaired) electrons. The van der Waals surface area contributed by atoms with E-state index < -0.39 is 41.8 Å². The van der Waals surface area contributed by atoms with Crippen LogP contribution in [0.5, 0.6) is 17.2 Å². The molecule has 0 aliphatic carbocycles. The van der Waals surface area contributed by atoms with Crippen molar-refractivity contribution in [1.29, 1.82) is 0 Å². The third kappa shape index (κ3) is 5.26. The van der Waals surface area contributed by atoms with E-state index in [9.17, 15) is 45.0 Å². The lowest BCUT2D eigenvalue weighted by Gasteiger charge is -2.29. The van der Waals surface area contributed by atoms with E-state index in [1.807, 2.05) is 0 Å². The molecule has 0 saturated carbocycles. The molecule has 0 fully saturated rings. The zero-order valence-electron chi connectivity index (χ0n) is 15.3. The number of hydrogen-bond donors (Lipinski definition) is 6. The molecule has 2 aromatic carbocycles. The fraction of sp³-hybridized carbons (Fsp3) is 0.150. The van der Waals surface area contributed by atoms with Gasteiger partial charge in [0.2, 0.25) is 11.7 Å². The number of rotatable bonds is 8. The molecule has 0 heterocycles. The molecule has 2 rings (SSSR count). The Morgan fingerprint density at radius 3 is 2.13 bits per heavy atom. The van der Waals surface area contributed by atoms with Gasteiger partial charge in [-0.05, 0) is 41.5 Å². The maximum atomic E-state index is 12.0. The van der Waals surface area contributed by atoms with Crippen LogP contribution in [0, 0.1) is 0 Å². The van der Waals surface area contributed by atoms with Crippen molar-refractivity contribution in [1.82, 2.24) is 0 Å². The molecule has 30 heavy (non-hydrogen) atoms. The predicted octanol–water partition coefficient (Wildman–Crippen LogP) is 0.871. The number of hydrogen-bond acceptors (Lipinski definition) is 8. The Morgan fingerprint density at radius 1 is 0.967 bits per heavy atom. The lowest BCUT2D eigenvalue weighted by Crippen LogP contribution is -2.56. The first-order chi connectivity index (χ1) is 14.0. The van der Waals surface area contributed by atoms with Gasteiger partial charge in [0.05, 0.1) is 0 Å². The summed E-state index contributed by atoms with van der Waals surface area (Å²) in [7, 11) is 0. The zero-order valence-corrected chi connectivity index (χ0v) is 15.3. The molecule has 0 bridgehead atoms. The van der Waals surface area contributed by atoms with Crippen molar-refractivity contribution in [2.75, 3.05) is 0 Å². The number of benzene rings is 2. The highest BCUT2D eigenvalue weighted by Gasteiger charge is 2.51. The molecule has 0 aliphatic heterocycles. The van der Waals surface area contributed by atoms with Crippen LogP contribution in [0.4, 0.5) is 0 Å². The topological polar surface area (TPSA) is 182 Å². The van der Waals surface area contributed by atoms with Crippen molar-refractivity contribution in [3.8, 4) is 17.2 Å². The molecule has 0 amide bonds. The van der Waals surface area contributed by atoms with Crippen molar-refractivity contribution in [2.45, 2.75) is 18.1 Å². The summed E-state index contributed by atoms with van der Waals surface area (Å²) in [4.78, 5) is 35.2. The van der Waals surface area contributed by atoms with Crippen molar-refractivity contribution >= 4 is 24.0 Å². The van der Waals surface area contributed by atoms with Gasteiger partial charge in [-0.2, -0.15) is 0 Å². The monoisotopic (exact) mass is 418 g/mol. The van der Waals surface area contributed by atoms with E-state index in [-0.39, 0.29) is 22.6 Å². The fourth-order valence-electron chi connectivity index (χ4n) is 2.52. The number of carbonyl (C=O) groups excluding carboxylic acids is 1. The summed E-state index contributed by atoms with van der Waals surface area (Å²) in [5.74, 6) is -6.04. The van der Waals surface area contributed by atoms with Crippen LogP contribution in [0.15, 0.2) is 48.5 Å². The van der Waals surface area contributed by atoms with Crippen molar-refractivity contribution in [3.63, 3.8) is 0 Å². The zero-order chi connectivity index (χ0) is 22.5. The SMILES string of the molecule is O=C(/C=C/c1ccc(O)c(O)c1)OC(C(=O)O)C(O)(Cc1ccc(O)cc1)C(=O)O. The molecule has 2 aromatic rings. The van der Waals surface area contributed by atoms with Gasteiger partial charge >= 0.3 is 17.9 Å². The Balaban J connectivity index is 2.24. The molecule has 10 heteroatoms. The second kappa shape index (κ2) is 8.97. The molecule has 0 aromatic heterocycles. The largest absolute Gasteiger partial charge is 0.508 e. The van der Waals surface area contributed by atoms with Crippen LogP contribution >= 0.6 is 0 Å². The summed E-state index contributed by atoms with van der Waals surface area (Å²) in [5.41, 5.74) is -2.56. The first-order valence-electron chi connectivity index (χ1n) is 8.40. The van der Waals surface area contributed by atoms with Gasteiger partial charge in [0, 0.05) is 12.5 Å². The van der Waals surface area contributed by atoms with Crippen LogP contribution in [-0.2, 0) is 25.5 Å². The van der Waals surface area contributed by atoms with Crippen molar-refractivity contribution in [3.05, 3.63) is 59.7 Å². The molecule has 2 unspecified atom stereocenters. The van der Waals surface area contributed by atoms with Crippen LogP contribution in [-0.4, -0.2) is 60.3 Å². The quantitative estimate of drug-likeness (QED) is 0.204. The van der Waals surface area contributed by atoms with Crippen LogP contribution in [0.3, 0.4) is 0 Å². The van der Waals surface area contributed by atoms with E-state index in [4.69, 9.17) is 4.74 Å². The van der Waals surface area contributed by atoms with Crippen molar-refractivity contribution in [2.24, 2.45) is 0 Å². The maximum absolute atomic E-state index is 12.0. The number of carbonyl (C=O) groups is 3. The second-order valence-corrected chi connectivity index (χ2v) is 6.31. The predicted molar refractivity (Wildman–Crippen MR) is 101 cm³/mol. The molecule has 158 valence electrons. The first kappa shape index (κ1) is 22.2. The highest BCUT2D eigenvalue weighted by molar-refractivity contribution is 5.93. The second-order valence-electron chi connectivity index (χ2n) is 6.31. The number of ether oxygens (including phenoxy) is 1.